The second kappa shape index (κ2) is 10.2. The van der Waals surface area contributed by atoms with Crippen molar-refractivity contribution in [1.82, 2.24) is 0 Å². The molecule has 4 rings (SSSR count). The predicted molar refractivity (Wildman–Crippen MR) is 149 cm³/mol. The van der Waals surface area contributed by atoms with Crippen LogP contribution in [0.4, 0.5) is 0 Å². The Morgan fingerprint density at radius 3 is 1.42 bits per heavy atom. The van der Waals surface area contributed by atoms with Gasteiger partial charge in [0.25, 0.3) is 0 Å². The molecule has 0 radical (unpaired) electrons. The summed E-state index contributed by atoms with van der Waals surface area (Å²) in [6.45, 7) is 13.0. The molecule has 0 bridgehead atoms. The van der Waals surface area contributed by atoms with Crippen LogP contribution in [0.15, 0.2) is 60.7 Å². The third-order valence-electron chi connectivity index (χ3n) is 7.33. The van der Waals surface area contributed by atoms with E-state index in [2.05, 4.69) is 90.1 Å². The highest BCUT2D eigenvalue weighted by molar-refractivity contribution is 5.72. The fourth-order valence-corrected chi connectivity index (χ4v) is 5.33. The zero-order valence-corrected chi connectivity index (χ0v) is 22.1. The molecule has 0 aromatic heterocycles. The molecule has 2 heteroatoms. The average molecular weight is 469 g/mol. The molecule has 2 nitrogen and oxygen atoms in total. The molecule has 0 N–H and O–H groups in total. The molecule has 0 aliphatic carbocycles. The van der Waals surface area contributed by atoms with Crippen molar-refractivity contribution >= 4 is 0 Å². The first-order valence-corrected chi connectivity index (χ1v) is 12.5. The molecule has 0 atom stereocenters. The summed E-state index contributed by atoms with van der Waals surface area (Å²) in [5.74, 6) is 0. The van der Waals surface area contributed by atoms with Crippen LogP contribution in [0.1, 0.15) is 62.6 Å². The number of hydrogen-bond donors (Lipinski definition) is 0. The Bertz CT molecular complexity index is 1530. The molecule has 4 aromatic carbocycles. The summed E-state index contributed by atoms with van der Waals surface area (Å²) < 4.78 is 0. The van der Waals surface area contributed by atoms with Gasteiger partial charge >= 0.3 is 0 Å². The molecule has 0 aliphatic heterocycles. The third kappa shape index (κ3) is 4.82. The van der Waals surface area contributed by atoms with Crippen molar-refractivity contribution in [2.45, 2.75) is 54.4 Å². The van der Waals surface area contributed by atoms with E-state index in [1.54, 1.807) is 0 Å². The van der Waals surface area contributed by atoms with Crippen molar-refractivity contribution in [3.8, 4) is 34.4 Å². The number of rotatable bonds is 5. The van der Waals surface area contributed by atoms with E-state index in [0.29, 0.717) is 11.1 Å². The highest BCUT2D eigenvalue weighted by atomic mass is 14.2. The van der Waals surface area contributed by atoms with Crippen molar-refractivity contribution < 1.29 is 0 Å². The van der Waals surface area contributed by atoms with Crippen LogP contribution < -0.4 is 0 Å². The molecular weight excluding hydrogens is 436 g/mol. The fourth-order valence-electron chi connectivity index (χ4n) is 5.33. The van der Waals surface area contributed by atoms with Gasteiger partial charge in [-0.3, -0.25) is 0 Å². The van der Waals surface area contributed by atoms with Gasteiger partial charge in [-0.2, -0.15) is 10.5 Å². The summed E-state index contributed by atoms with van der Waals surface area (Å²) in [6.07, 6.45) is 1.88. The standard InChI is InChI=1S/C34H32N2/c1-7-28-17-30(32-11-9-27(20-36)13-22(32)3)16-25(6)34(28)18-33-23(4)14-29(15-24(33)5)31-10-8-26(19-35)12-21(31)2/h8-17H,7,18H2,1-6H3. The SMILES string of the molecule is CCc1cc(-c2ccc(C#N)cc2C)cc(C)c1Cc1c(C)cc(-c2ccc(C#N)cc2C)cc1C. The largest absolute Gasteiger partial charge is 0.192 e. The smallest absolute Gasteiger partial charge is 0.0991 e. The van der Waals surface area contributed by atoms with Gasteiger partial charge < -0.3 is 0 Å². The van der Waals surface area contributed by atoms with Crippen LogP contribution in [-0.4, -0.2) is 0 Å². The second-order valence-electron chi connectivity index (χ2n) is 9.83. The summed E-state index contributed by atoms with van der Waals surface area (Å²) in [6, 6.07) is 25.5. The van der Waals surface area contributed by atoms with Gasteiger partial charge in [-0.15, -0.1) is 0 Å². The van der Waals surface area contributed by atoms with Crippen LogP contribution in [0.25, 0.3) is 22.3 Å². The van der Waals surface area contributed by atoms with E-state index in [1.165, 1.54) is 55.6 Å². The molecule has 178 valence electrons. The van der Waals surface area contributed by atoms with Gasteiger partial charge in [0.05, 0.1) is 23.3 Å². The zero-order chi connectivity index (χ0) is 26.0. The lowest BCUT2D eigenvalue weighted by molar-refractivity contribution is 1.02. The molecule has 0 amide bonds. The number of benzene rings is 4. The topological polar surface area (TPSA) is 47.6 Å². The lowest BCUT2D eigenvalue weighted by atomic mass is 9.85. The molecule has 0 fully saturated rings. The maximum atomic E-state index is 9.23. The Morgan fingerprint density at radius 1 is 0.556 bits per heavy atom. The fraction of sp³-hybridized carbons (Fsp3) is 0.235. The molecular formula is C34H32N2. The minimum absolute atomic E-state index is 0.698. The maximum absolute atomic E-state index is 9.23. The van der Waals surface area contributed by atoms with E-state index < -0.39 is 0 Å². The maximum Gasteiger partial charge on any atom is 0.0991 e. The summed E-state index contributed by atoms with van der Waals surface area (Å²) in [4.78, 5) is 0. The first kappa shape index (κ1) is 25.0. The van der Waals surface area contributed by atoms with Crippen molar-refractivity contribution in [3.63, 3.8) is 0 Å². The second-order valence-corrected chi connectivity index (χ2v) is 9.83. The molecule has 0 saturated heterocycles. The van der Waals surface area contributed by atoms with E-state index in [0.717, 1.165) is 24.0 Å². The number of hydrogen-bond acceptors (Lipinski definition) is 2. The van der Waals surface area contributed by atoms with E-state index in [1.807, 2.05) is 24.3 Å². The third-order valence-corrected chi connectivity index (χ3v) is 7.33. The van der Waals surface area contributed by atoms with Crippen LogP contribution >= 0.6 is 0 Å². The highest BCUT2D eigenvalue weighted by Gasteiger charge is 2.15. The monoisotopic (exact) mass is 468 g/mol. The Hall–Kier alpha value is -4.14. The lowest BCUT2D eigenvalue weighted by Crippen LogP contribution is -2.03. The van der Waals surface area contributed by atoms with Crippen molar-refractivity contribution in [2.75, 3.05) is 0 Å². The Morgan fingerprint density at radius 2 is 1.00 bits per heavy atom. The van der Waals surface area contributed by atoms with Crippen LogP contribution in [0.2, 0.25) is 0 Å². The van der Waals surface area contributed by atoms with Crippen LogP contribution in [-0.2, 0) is 12.8 Å². The van der Waals surface area contributed by atoms with Gasteiger partial charge in [0.2, 0.25) is 0 Å². The minimum Gasteiger partial charge on any atom is -0.192 e. The van der Waals surface area contributed by atoms with Crippen molar-refractivity contribution in [2.24, 2.45) is 0 Å². The van der Waals surface area contributed by atoms with Crippen LogP contribution in [0.3, 0.4) is 0 Å². The van der Waals surface area contributed by atoms with E-state index in [4.69, 9.17) is 0 Å². The van der Waals surface area contributed by atoms with Gasteiger partial charge in [-0.25, -0.2) is 0 Å². The van der Waals surface area contributed by atoms with Gasteiger partial charge in [0.15, 0.2) is 0 Å². The number of nitrogens with zero attached hydrogens (tertiary/aromatic N) is 2. The molecule has 36 heavy (non-hydrogen) atoms. The van der Waals surface area contributed by atoms with Crippen molar-refractivity contribution in [3.05, 3.63) is 116 Å². The normalized spacial score (nSPS) is 10.7. The van der Waals surface area contributed by atoms with Gasteiger partial charge in [0.1, 0.15) is 0 Å². The van der Waals surface area contributed by atoms with E-state index >= 15 is 0 Å². The van der Waals surface area contributed by atoms with E-state index in [9.17, 15) is 10.5 Å². The summed E-state index contributed by atoms with van der Waals surface area (Å²) in [7, 11) is 0. The molecule has 0 unspecified atom stereocenters. The first-order valence-electron chi connectivity index (χ1n) is 12.5. The Balaban J connectivity index is 1.72. The van der Waals surface area contributed by atoms with Gasteiger partial charge in [0, 0.05) is 0 Å². The predicted octanol–water partition coefficient (Wildman–Crippen LogP) is 8.46. The molecule has 0 spiro atoms. The minimum atomic E-state index is 0.698. The zero-order valence-electron chi connectivity index (χ0n) is 22.1. The van der Waals surface area contributed by atoms with E-state index in [-0.39, 0.29) is 0 Å². The Labute approximate surface area is 215 Å². The average Bonchev–Trinajstić information content (AvgIpc) is 2.86. The van der Waals surface area contributed by atoms with Gasteiger partial charge in [-0.05, 0) is 138 Å². The summed E-state index contributed by atoms with van der Waals surface area (Å²) in [5, 5.41) is 18.4. The van der Waals surface area contributed by atoms with Crippen LogP contribution in [0.5, 0.6) is 0 Å². The quantitative estimate of drug-likeness (QED) is 0.295. The number of aryl methyl sites for hydroxylation is 6. The summed E-state index contributed by atoms with van der Waals surface area (Å²) >= 11 is 0. The lowest BCUT2D eigenvalue weighted by Gasteiger charge is -2.19. The van der Waals surface area contributed by atoms with Crippen LogP contribution in [0, 0.1) is 57.3 Å². The van der Waals surface area contributed by atoms with Crippen molar-refractivity contribution in [1.29, 1.82) is 10.5 Å². The molecule has 0 aliphatic rings. The first-order chi connectivity index (χ1) is 17.2. The molecule has 0 saturated carbocycles. The summed E-state index contributed by atoms with van der Waals surface area (Å²) in [5.41, 5.74) is 16.5. The number of nitriles is 2. The Kier molecular flexibility index (Phi) is 7.10. The highest BCUT2D eigenvalue weighted by Crippen LogP contribution is 2.33. The van der Waals surface area contributed by atoms with Gasteiger partial charge in [-0.1, -0.05) is 43.3 Å². The molecule has 4 aromatic rings. The molecule has 0 heterocycles.